The Morgan fingerprint density at radius 3 is 2.56 bits per heavy atom. The third-order valence-electron chi connectivity index (χ3n) is 3.61. The number of ether oxygens (including phenoxy) is 1. The Morgan fingerprint density at radius 2 is 1.88 bits per heavy atom. The largest absolute Gasteiger partial charge is 0.508 e. The average Bonchev–Trinajstić information content (AvgIpc) is 2.53. The monoisotopic (exact) mass is 345 g/mol. The molecular formula is C17H15NO7. The third-order valence-corrected chi connectivity index (χ3v) is 3.61. The molecule has 1 unspecified atom stereocenters. The lowest BCUT2D eigenvalue weighted by atomic mass is 9.89. The number of para-hydroxylation sites is 1. The molecule has 0 aliphatic carbocycles. The fourth-order valence-electron chi connectivity index (χ4n) is 2.56. The second-order valence-electron chi connectivity index (χ2n) is 5.41. The lowest BCUT2D eigenvalue weighted by Gasteiger charge is -2.34. The molecule has 2 aromatic rings. The first-order chi connectivity index (χ1) is 11.8. The minimum Gasteiger partial charge on any atom is -0.508 e. The van der Waals surface area contributed by atoms with Crippen molar-refractivity contribution >= 4 is 11.5 Å². The summed E-state index contributed by atoms with van der Waals surface area (Å²) in [5, 5.41) is 41.0. The third kappa shape index (κ3) is 2.84. The van der Waals surface area contributed by atoms with Crippen molar-refractivity contribution in [1.29, 1.82) is 0 Å². The van der Waals surface area contributed by atoms with Gasteiger partial charge in [0, 0.05) is 24.6 Å². The van der Waals surface area contributed by atoms with Gasteiger partial charge in [-0.05, 0) is 6.07 Å². The van der Waals surface area contributed by atoms with E-state index in [0.717, 1.165) is 18.4 Å². The fourth-order valence-corrected chi connectivity index (χ4v) is 2.56. The topological polar surface area (TPSA) is 128 Å². The number of hydrogen-bond acceptors (Lipinski definition) is 7. The summed E-state index contributed by atoms with van der Waals surface area (Å²) in [7, 11) is 0. The van der Waals surface area contributed by atoms with E-state index in [9.17, 15) is 25.2 Å². The summed E-state index contributed by atoms with van der Waals surface area (Å²) in [6, 6.07) is 8.23. The molecule has 8 heteroatoms. The first kappa shape index (κ1) is 16.6. The maximum Gasteiger partial charge on any atom is 0.255 e. The molecule has 0 radical (unpaired) electrons. The second kappa shape index (κ2) is 6.00. The molecule has 0 saturated carbocycles. The zero-order valence-corrected chi connectivity index (χ0v) is 13.1. The number of aromatic hydroxyl groups is 3. The Morgan fingerprint density at radius 1 is 1.16 bits per heavy atom. The number of hydrogen-bond donors (Lipinski definition) is 5. The summed E-state index contributed by atoms with van der Waals surface area (Å²) in [6.45, 7) is 1.17. The van der Waals surface area contributed by atoms with Crippen molar-refractivity contribution in [2.45, 2.75) is 12.7 Å². The molecular weight excluding hydrogens is 330 g/mol. The Hall–Kier alpha value is -3.23. The standard InChI is InChI=1S/C17H15NO7/c1-9(19)18-25-17(23)12(11-4-2-3-5-13(11)21)8-24-15-7-10(20)6-14(22)16(15)17/h2-8,20-23H,1H3,(H,18,19). The predicted molar refractivity (Wildman–Crippen MR) is 85.3 cm³/mol. The van der Waals surface area contributed by atoms with Crippen LogP contribution in [0.4, 0.5) is 0 Å². The van der Waals surface area contributed by atoms with Crippen LogP contribution in [0, 0.1) is 0 Å². The van der Waals surface area contributed by atoms with Crippen molar-refractivity contribution in [1.82, 2.24) is 5.48 Å². The zero-order valence-electron chi connectivity index (χ0n) is 13.1. The van der Waals surface area contributed by atoms with Gasteiger partial charge in [0.1, 0.15) is 34.8 Å². The molecule has 1 aliphatic rings. The summed E-state index contributed by atoms with van der Waals surface area (Å²) >= 11 is 0. The molecule has 3 rings (SSSR count). The van der Waals surface area contributed by atoms with Crippen molar-refractivity contribution in [3.63, 3.8) is 0 Å². The van der Waals surface area contributed by atoms with Crippen molar-refractivity contribution in [3.8, 4) is 23.0 Å². The van der Waals surface area contributed by atoms with Crippen molar-refractivity contribution in [2.24, 2.45) is 0 Å². The van der Waals surface area contributed by atoms with Gasteiger partial charge in [0.15, 0.2) is 0 Å². The molecule has 0 spiro atoms. The van der Waals surface area contributed by atoms with Crippen LogP contribution in [0.3, 0.4) is 0 Å². The maximum absolute atomic E-state index is 11.2. The highest BCUT2D eigenvalue weighted by Gasteiger charge is 2.46. The number of carbonyl (C=O) groups is 1. The van der Waals surface area contributed by atoms with Gasteiger partial charge in [-0.1, -0.05) is 18.2 Å². The van der Waals surface area contributed by atoms with E-state index in [1.54, 1.807) is 12.1 Å². The van der Waals surface area contributed by atoms with Crippen molar-refractivity contribution in [3.05, 3.63) is 53.8 Å². The highest BCUT2D eigenvalue weighted by atomic mass is 16.7. The lowest BCUT2D eigenvalue weighted by molar-refractivity contribution is -0.211. The van der Waals surface area contributed by atoms with Gasteiger partial charge < -0.3 is 25.2 Å². The Kier molecular flexibility index (Phi) is 3.99. The summed E-state index contributed by atoms with van der Waals surface area (Å²) in [6.07, 6.45) is 1.10. The van der Waals surface area contributed by atoms with Crippen LogP contribution in [0.5, 0.6) is 23.0 Å². The van der Waals surface area contributed by atoms with Crippen molar-refractivity contribution < 1.29 is 34.8 Å². The zero-order chi connectivity index (χ0) is 18.2. The Balaban J connectivity index is 2.20. The smallest absolute Gasteiger partial charge is 0.255 e. The summed E-state index contributed by atoms with van der Waals surface area (Å²) in [5.74, 6) is -4.05. The van der Waals surface area contributed by atoms with Gasteiger partial charge in [0.25, 0.3) is 5.79 Å². The lowest BCUT2D eigenvalue weighted by Crippen LogP contribution is -2.40. The minimum absolute atomic E-state index is 0.0622. The molecule has 0 aromatic heterocycles. The van der Waals surface area contributed by atoms with E-state index in [2.05, 4.69) is 0 Å². The predicted octanol–water partition coefficient (Wildman–Crippen LogP) is 1.45. The Bertz CT molecular complexity index is 877. The molecule has 1 atom stereocenters. The van der Waals surface area contributed by atoms with Gasteiger partial charge in [0.05, 0.1) is 5.57 Å². The number of phenols is 3. The number of carbonyl (C=O) groups excluding carboxylic acids is 1. The molecule has 25 heavy (non-hydrogen) atoms. The highest BCUT2D eigenvalue weighted by molar-refractivity contribution is 5.80. The Labute approximate surface area is 142 Å². The van der Waals surface area contributed by atoms with Crippen LogP contribution in [0.1, 0.15) is 18.1 Å². The van der Waals surface area contributed by atoms with Crippen LogP contribution in [0.2, 0.25) is 0 Å². The van der Waals surface area contributed by atoms with Crippen molar-refractivity contribution in [2.75, 3.05) is 0 Å². The van der Waals surface area contributed by atoms with Gasteiger partial charge >= 0.3 is 0 Å². The first-order valence-corrected chi connectivity index (χ1v) is 7.22. The fraction of sp³-hybridized carbons (Fsp3) is 0.118. The molecule has 1 amide bonds. The van der Waals surface area contributed by atoms with Crippen LogP contribution in [-0.2, 0) is 15.4 Å². The van der Waals surface area contributed by atoms with E-state index < -0.39 is 17.4 Å². The van der Waals surface area contributed by atoms with Gasteiger partial charge in [-0.2, -0.15) is 0 Å². The number of benzene rings is 2. The normalized spacial score (nSPS) is 18.7. The highest BCUT2D eigenvalue weighted by Crippen LogP contribution is 2.50. The average molecular weight is 345 g/mol. The van der Waals surface area contributed by atoms with Gasteiger partial charge in [-0.25, -0.2) is 10.3 Å². The number of amides is 1. The van der Waals surface area contributed by atoms with Gasteiger partial charge in [-0.15, -0.1) is 0 Å². The molecule has 0 fully saturated rings. The van der Waals surface area contributed by atoms with E-state index in [4.69, 9.17) is 9.57 Å². The second-order valence-corrected chi connectivity index (χ2v) is 5.41. The summed E-state index contributed by atoms with van der Waals surface area (Å²) in [5.41, 5.74) is 1.88. The number of rotatable bonds is 3. The molecule has 0 bridgehead atoms. The molecule has 5 N–H and O–H groups in total. The van der Waals surface area contributed by atoms with E-state index in [0.29, 0.717) is 0 Å². The number of nitrogens with one attached hydrogen (secondary N) is 1. The summed E-state index contributed by atoms with van der Waals surface area (Å²) in [4.78, 5) is 16.4. The van der Waals surface area contributed by atoms with Gasteiger partial charge in [0.2, 0.25) is 5.91 Å². The van der Waals surface area contributed by atoms with Crippen LogP contribution < -0.4 is 10.2 Å². The number of phenolic OH excluding ortho intramolecular Hbond substituents is 3. The van der Waals surface area contributed by atoms with Gasteiger partial charge in [-0.3, -0.25) is 4.79 Å². The number of fused-ring (bicyclic) bond motifs is 1. The first-order valence-electron chi connectivity index (χ1n) is 7.22. The molecule has 2 aromatic carbocycles. The summed E-state index contributed by atoms with van der Waals surface area (Å²) < 4.78 is 5.36. The van der Waals surface area contributed by atoms with E-state index in [1.807, 2.05) is 5.48 Å². The molecule has 1 heterocycles. The van der Waals surface area contributed by atoms with E-state index in [-0.39, 0.29) is 33.9 Å². The van der Waals surface area contributed by atoms with E-state index in [1.165, 1.54) is 19.1 Å². The van der Waals surface area contributed by atoms with E-state index >= 15 is 0 Å². The maximum atomic E-state index is 11.2. The molecule has 0 saturated heterocycles. The number of aliphatic hydroxyl groups is 1. The van der Waals surface area contributed by atoms with Crippen LogP contribution >= 0.6 is 0 Å². The molecule has 1 aliphatic heterocycles. The van der Waals surface area contributed by atoms with Crippen LogP contribution in [0.25, 0.3) is 5.57 Å². The van der Waals surface area contributed by atoms with Crippen LogP contribution in [-0.4, -0.2) is 26.3 Å². The molecule has 8 nitrogen and oxygen atoms in total. The SMILES string of the molecule is CC(=O)NOC1(O)C(c2ccccc2O)=COc2cc(O)cc(O)c21. The number of hydroxylamine groups is 1. The molecule has 130 valence electrons. The van der Waals surface area contributed by atoms with Crippen LogP contribution in [0.15, 0.2) is 42.7 Å². The minimum atomic E-state index is -2.38. The quantitative estimate of drug-likeness (QED) is 0.421.